The number of amides is 3. The summed E-state index contributed by atoms with van der Waals surface area (Å²) in [6.45, 7) is 5.00. The smallest absolute Gasteiger partial charge is 0.322 e. The summed E-state index contributed by atoms with van der Waals surface area (Å²) in [4.78, 5) is 41.7. The van der Waals surface area contributed by atoms with Crippen molar-refractivity contribution >= 4 is 23.6 Å². The van der Waals surface area contributed by atoms with Crippen molar-refractivity contribution in [1.29, 1.82) is 0 Å². The molecule has 2 aromatic rings. The lowest BCUT2D eigenvalue weighted by molar-refractivity contribution is -0.129. The summed E-state index contributed by atoms with van der Waals surface area (Å²) in [7, 11) is 4.31. The van der Waals surface area contributed by atoms with Crippen molar-refractivity contribution < 1.29 is 9.59 Å². The van der Waals surface area contributed by atoms with E-state index in [4.69, 9.17) is 0 Å². The second-order valence-electron chi connectivity index (χ2n) is 10.3. The van der Waals surface area contributed by atoms with Crippen molar-refractivity contribution in [2.45, 2.75) is 43.7 Å². The first-order valence-corrected chi connectivity index (χ1v) is 12.5. The Bertz CT molecular complexity index is 1060. The molecule has 0 radical (unpaired) electrons. The van der Waals surface area contributed by atoms with E-state index in [0.717, 1.165) is 31.4 Å². The van der Waals surface area contributed by atoms with Crippen LogP contribution in [0.25, 0.3) is 0 Å². The predicted octanol–water partition coefficient (Wildman–Crippen LogP) is 2.44. The van der Waals surface area contributed by atoms with Gasteiger partial charge in [0.05, 0.1) is 30.2 Å². The van der Waals surface area contributed by atoms with Gasteiger partial charge in [0.15, 0.2) is 0 Å². The van der Waals surface area contributed by atoms with Crippen molar-refractivity contribution in [3.8, 4) is 0 Å². The molecular weight excluding hydrogens is 442 g/mol. The zero-order chi connectivity index (χ0) is 24.6. The molecule has 5 rings (SSSR count). The molecule has 3 amide bonds. The summed E-state index contributed by atoms with van der Waals surface area (Å²) < 4.78 is 0. The van der Waals surface area contributed by atoms with Crippen LogP contribution in [-0.4, -0.2) is 84.1 Å². The molecule has 2 saturated heterocycles. The summed E-state index contributed by atoms with van der Waals surface area (Å²) >= 11 is 0. The van der Waals surface area contributed by atoms with Crippen molar-refractivity contribution in [2.24, 2.45) is 0 Å². The molecule has 9 heteroatoms. The number of hydrogen-bond donors (Lipinski definition) is 1. The number of nitrogens with one attached hydrogen (secondary N) is 1. The van der Waals surface area contributed by atoms with Crippen LogP contribution in [0.5, 0.6) is 0 Å². The number of carbonyl (C=O) groups excluding carboxylic acids is 2. The monoisotopic (exact) mass is 477 g/mol. The van der Waals surface area contributed by atoms with Crippen molar-refractivity contribution in [2.75, 3.05) is 56.6 Å². The Morgan fingerprint density at radius 2 is 1.60 bits per heavy atom. The van der Waals surface area contributed by atoms with Gasteiger partial charge < -0.3 is 15.1 Å². The first-order chi connectivity index (χ1) is 16.8. The van der Waals surface area contributed by atoms with Crippen LogP contribution in [-0.2, 0) is 10.3 Å². The molecule has 3 fully saturated rings. The first-order valence-electron chi connectivity index (χ1n) is 12.5. The normalized spacial score (nSPS) is 27.0. The lowest BCUT2D eigenvalue weighted by Crippen LogP contribution is -2.54. The molecule has 0 bridgehead atoms. The fourth-order valence-corrected chi connectivity index (χ4v) is 5.92. The standard InChI is InChI=1S/C26H35N7O2/c1-20(34)31-13-15-32(16-14-31)23-27-17-22(18-28-23)33-19-25(29-24(33)35)9-11-26(12-10-25,30(2)3)21-7-5-4-6-8-21/h4-8,17-18H,9-16,19H2,1-3H3,(H,29,35)/t25-,26-. The van der Waals surface area contributed by atoms with Gasteiger partial charge in [0.1, 0.15) is 0 Å². The molecule has 3 heterocycles. The maximum atomic E-state index is 13.0. The third kappa shape index (κ3) is 4.33. The van der Waals surface area contributed by atoms with Gasteiger partial charge >= 0.3 is 6.03 Å². The third-order valence-electron chi connectivity index (χ3n) is 8.22. The Hall–Kier alpha value is -3.20. The predicted molar refractivity (Wildman–Crippen MR) is 135 cm³/mol. The summed E-state index contributed by atoms with van der Waals surface area (Å²) in [5, 5.41) is 3.30. The Morgan fingerprint density at radius 1 is 0.971 bits per heavy atom. The first kappa shape index (κ1) is 23.5. The fourth-order valence-electron chi connectivity index (χ4n) is 5.92. The van der Waals surface area contributed by atoms with Crippen LogP contribution in [0.3, 0.4) is 0 Å². The van der Waals surface area contributed by atoms with E-state index < -0.39 is 0 Å². The maximum absolute atomic E-state index is 13.0. The Balaban J connectivity index is 1.25. The van der Waals surface area contributed by atoms with Gasteiger partial charge in [-0.05, 0) is 45.3 Å². The van der Waals surface area contributed by atoms with Gasteiger partial charge in [-0.3, -0.25) is 14.6 Å². The number of rotatable bonds is 4. The molecule has 1 spiro atoms. The second kappa shape index (κ2) is 9.11. The van der Waals surface area contributed by atoms with Crippen LogP contribution in [0, 0.1) is 0 Å². The minimum atomic E-state index is -0.229. The molecule has 1 aliphatic carbocycles. The summed E-state index contributed by atoms with van der Waals surface area (Å²) in [6.07, 6.45) is 7.30. The number of piperazine rings is 1. The van der Waals surface area contributed by atoms with Crippen LogP contribution >= 0.6 is 0 Å². The summed E-state index contributed by atoms with van der Waals surface area (Å²) in [5.74, 6) is 0.742. The van der Waals surface area contributed by atoms with Gasteiger partial charge in [0.2, 0.25) is 11.9 Å². The van der Waals surface area contributed by atoms with Crippen LogP contribution < -0.4 is 15.1 Å². The minimum absolute atomic E-state index is 0.0121. The molecule has 35 heavy (non-hydrogen) atoms. The highest BCUT2D eigenvalue weighted by atomic mass is 16.2. The van der Waals surface area contributed by atoms with Crippen LogP contribution in [0.4, 0.5) is 16.4 Å². The number of urea groups is 1. The van der Waals surface area contributed by atoms with E-state index in [9.17, 15) is 9.59 Å². The second-order valence-corrected chi connectivity index (χ2v) is 10.3. The van der Waals surface area contributed by atoms with E-state index in [2.05, 4.69) is 69.5 Å². The molecule has 0 atom stereocenters. The molecule has 3 aliphatic rings. The molecule has 9 nitrogen and oxygen atoms in total. The molecule has 1 aromatic heterocycles. The molecule has 2 aliphatic heterocycles. The largest absolute Gasteiger partial charge is 0.339 e. The Kier molecular flexibility index (Phi) is 6.13. The summed E-state index contributed by atoms with van der Waals surface area (Å²) in [6, 6.07) is 10.6. The average molecular weight is 478 g/mol. The van der Waals surface area contributed by atoms with E-state index in [1.165, 1.54) is 5.56 Å². The number of hydrogen-bond acceptors (Lipinski definition) is 6. The topological polar surface area (TPSA) is 84.9 Å². The van der Waals surface area contributed by atoms with E-state index in [0.29, 0.717) is 38.7 Å². The lowest BCUT2D eigenvalue weighted by Gasteiger charge is -2.48. The van der Waals surface area contributed by atoms with Gasteiger partial charge in [-0.1, -0.05) is 30.3 Å². The van der Waals surface area contributed by atoms with Crippen LogP contribution in [0.1, 0.15) is 38.2 Å². The molecule has 0 unspecified atom stereocenters. The maximum Gasteiger partial charge on any atom is 0.322 e. The molecule has 186 valence electrons. The highest BCUT2D eigenvalue weighted by molar-refractivity contribution is 5.95. The third-order valence-corrected chi connectivity index (χ3v) is 8.22. The SMILES string of the molecule is CC(=O)N1CCN(c2ncc(N3C[C@]4(CC[C@@](c5ccccc5)(N(C)C)CC4)NC3=O)cn2)CC1. The highest BCUT2D eigenvalue weighted by Crippen LogP contribution is 2.46. The van der Waals surface area contributed by atoms with Crippen LogP contribution in [0.15, 0.2) is 42.7 Å². The Labute approximate surface area is 207 Å². The van der Waals surface area contributed by atoms with Crippen LogP contribution in [0.2, 0.25) is 0 Å². The minimum Gasteiger partial charge on any atom is -0.339 e. The van der Waals surface area contributed by atoms with Crippen molar-refractivity contribution in [3.05, 3.63) is 48.3 Å². The Morgan fingerprint density at radius 3 is 2.17 bits per heavy atom. The number of benzene rings is 1. The number of anilines is 2. The van der Waals surface area contributed by atoms with E-state index in [1.807, 2.05) is 4.90 Å². The van der Waals surface area contributed by atoms with Gasteiger partial charge in [0.25, 0.3) is 0 Å². The van der Waals surface area contributed by atoms with E-state index in [-0.39, 0.29) is 23.0 Å². The van der Waals surface area contributed by atoms with Gasteiger partial charge in [-0.25, -0.2) is 14.8 Å². The average Bonchev–Trinajstić information content (AvgIpc) is 3.20. The quantitative estimate of drug-likeness (QED) is 0.728. The van der Waals surface area contributed by atoms with Crippen molar-refractivity contribution in [1.82, 2.24) is 25.1 Å². The van der Waals surface area contributed by atoms with Crippen molar-refractivity contribution in [3.63, 3.8) is 0 Å². The zero-order valence-electron chi connectivity index (χ0n) is 20.9. The number of carbonyl (C=O) groups is 2. The van der Waals surface area contributed by atoms with Gasteiger partial charge in [0, 0.05) is 38.6 Å². The fraction of sp³-hybridized carbons (Fsp3) is 0.538. The highest BCUT2D eigenvalue weighted by Gasteiger charge is 2.50. The van der Waals surface area contributed by atoms with Gasteiger partial charge in [-0.15, -0.1) is 0 Å². The number of nitrogens with zero attached hydrogens (tertiary/aromatic N) is 6. The molecule has 1 saturated carbocycles. The van der Waals surface area contributed by atoms with E-state index >= 15 is 0 Å². The number of aromatic nitrogens is 2. The molecule has 1 aromatic carbocycles. The van der Waals surface area contributed by atoms with E-state index in [1.54, 1.807) is 24.2 Å². The molecular formula is C26H35N7O2. The van der Waals surface area contributed by atoms with Gasteiger partial charge in [-0.2, -0.15) is 0 Å². The zero-order valence-corrected chi connectivity index (χ0v) is 20.9. The lowest BCUT2D eigenvalue weighted by atomic mass is 9.69. The summed E-state index contributed by atoms with van der Waals surface area (Å²) in [5.41, 5.74) is 1.82. The molecule has 1 N–H and O–H groups in total.